The Morgan fingerprint density at radius 3 is 1.74 bits per heavy atom. The number of aromatic nitrogens is 1. The Morgan fingerprint density at radius 1 is 0.333 bits per heavy atom. The summed E-state index contributed by atoms with van der Waals surface area (Å²) in [6.07, 6.45) is 0. The quantitative estimate of drug-likeness (QED) is 0.163. The van der Waals surface area contributed by atoms with Crippen molar-refractivity contribution >= 4 is 60.8 Å². The maximum Gasteiger partial charge on any atom is 0.143 e. The molecule has 268 valence electrons. The highest BCUT2D eigenvalue weighted by Gasteiger charge is 2.20. The first kappa shape index (κ1) is 32.8. The number of nitrogens with zero attached hydrogens (tertiary/aromatic N) is 2. The van der Waals surface area contributed by atoms with Crippen LogP contribution in [0.5, 0.6) is 0 Å². The summed E-state index contributed by atoms with van der Waals surface area (Å²) in [7, 11) is 0. The Hall–Kier alpha value is -7.62. The van der Waals surface area contributed by atoms with E-state index in [1.54, 1.807) is 0 Å². The van der Waals surface area contributed by atoms with Crippen molar-refractivity contribution in [1.82, 2.24) is 4.57 Å². The summed E-state index contributed by atoms with van der Waals surface area (Å²) >= 11 is 0. The Balaban J connectivity index is 1.15. The lowest BCUT2D eigenvalue weighted by atomic mass is 9.95. The molecule has 0 aliphatic rings. The largest absolute Gasteiger partial charge is 0.455 e. The maximum absolute atomic E-state index is 6.64. The summed E-state index contributed by atoms with van der Waals surface area (Å²) < 4.78 is 9.01. The van der Waals surface area contributed by atoms with Gasteiger partial charge in [-0.15, -0.1) is 0 Å². The molecule has 0 atom stereocenters. The Kier molecular flexibility index (Phi) is 7.82. The van der Waals surface area contributed by atoms with Gasteiger partial charge < -0.3 is 13.9 Å². The van der Waals surface area contributed by atoms with Gasteiger partial charge in [0.25, 0.3) is 0 Å². The zero-order valence-corrected chi connectivity index (χ0v) is 31.1. The zero-order valence-electron chi connectivity index (χ0n) is 31.1. The lowest BCUT2D eigenvalue weighted by Crippen LogP contribution is -2.10. The van der Waals surface area contributed by atoms with Crippen molar-refractivity contribution in [2.75, 3.05) is 4.90 Å². The van der Waals surface area contributed by atoms with Gasteiger partial charge in [0, 0.05) is 49.9 Å². The molecule has 0 N–H and O–H groups in total. The van der Waals surface area contributed by atoms with Crippen molar-refractivity contribution < 1.29 is 4.42 Å². The summed E-state index contributed by atoms with van der Waals surface area (Å²) in [5.74, 6) is 0. The van der Waals surface area contributed by atoms with Gasteiger partial charge >= 0.3 is 0 Å². The smallest absolute Gasteiger partial charge is 0.143 e. The van der Waals surface area contributed by atoms with Gasteiger partial charge in [0.1, 0.15) is 11.2 Å². The van der Waals surface area contributed by atoms with Gasteiger partial charge in [-0.3, -0.25) is 0 Å². The average molecular weight is 729 g/mol. The number of fused-ring (bicyclic) bond motifs is 6. The third kappa shape index (κ3) is 5.68. The summed E-state index contributed by atoms with van der Waals surface area (Å²) in [5.41, 5.74) is 15.3. The van der Waals surface area contributed by atoms with E-state index in [4.69, 9.17) is 4.42 Å². The predicted molar refractivity (Wildman–Crippen MR) is 239 cm³/mol. The number of hydrogen-bond acceptors (Lipinski definition) is 2. The van der Waals surface area contributed by atoms with E-state index < -0.39 is 0 Å². The van der Waals surface area contributed by atoms with Gasteiger partial charge in [-0.2, -0.15) is 0 Å². The van der Waals surface area contributed by atoms with Crippen LogP contribution in [0, 0.1) is 0 Å². The van der Waals surface area contributed by atoms with Gasteiger partial charge in [0.2, 0.25) is 0 Å². The topological polar surface area (TPSA) is 21.3 Å². The average Bonchev–Trinajstić information content (AvgIpc) is 3.83. The van der Waals surface area contributed by atoms with Gasteiger partial charge in [-0.1, -0.05) is 140 Å². The number of rotatable bonds is 7. The fourth-order valence-electron chi connectivity index (χ4n) is 8.50. The highest BCUT2D eigenvalue weighted by molar-refractivity contribution is 6.12. The van der Waals surface area contributed by atoms with E-state index in [-0.39, 0.29) is 0 Å². The van der Waals surface area contributed by atoms with Crippen molar-refractivity contribution in [3.05, 3.63) is 218 Å². The molecule has 0 radical (unpaired) electrons. The van der Waals surface area contributed by atoms with E-state index in [0.717, 1.165) is 66.9 Å². The second-order valence-corrected chi connectivity index (χ2v) is 14.6. The molecular formula is C54H36N2O. The Morgan fingerprint density at radius 2 is 0.930 bits per heavy atom. The van der Waals surface area contributed by atoms with Crippen molar-refractivity contribution in [3.8, 4) is 39.1 Å². The van der Waals surface area contributed by atoms with Crippen molar-refractivity contribution in [1.29, 1.82) is 0 Å². The van der Waals surface area contributed by atoms with Crippen LogP contribution in [0.15, 0.2) is 223 Å². The highest BCUT2D eigenvalue weighted by Crippen LogP contribution is 2.44. The molecular weight excluding hydrogens is 693 g/mol. The van der Waals surface area contributed by atoms with Gasteiger partial charge in [-0.05, 0) is 107 Å². The Labute approximate surface area is 330 Å². The van der Waals surface area contributed by atoms with Crippen LogP contribution in [0.25, 0.3) is 82.8 Å². The minimum atomic E-state index is 0.890. The minimum Gasteiger partial charge on any atom is -0.455 e. The SMILES string of the molecule is c1ccc(-c2ccc(N(c3ccccc3)c3cc(-c4ccc5c(c4)c4ccccc4n5-c4ccccc4)cc(-c4cccc5c4oc4ccccc45)c3)cc2)cc1. The van der Waals surface area contributed by atoms with Crippen molar-refractivity contribution in [3.63, 3.8) is 0 Å². The van der Waals surface area contributed by atoms with E-state index in [2.05, 4.69) is 222 Å². The molecule has 0 aliphatic heterocycles. The molecule has 3 heteroatoms. The summed E-state index contributed by atoms with van der Waals surface area (Å²) in [4.78, 5) is 2.36. The monoisotopic (exact) mass is 728 g/mol. The fourth-order valence-corrected chi connectivity index (χ4v) is 8.50. The molecule has 0 aliphatic carbocycles. The number of para-hydroxylation sites is 5. The zero-order chi connectivity index (χ0) is 37.7. The lowest BCUT2D eigenvalue weighted by Gasteiger charge is -2.27. The number of benzene rings is 9. The molecule has 2 heterocycles. The van der Waals surface area contributed by atoms with Crippen LogP contribution in [0.2, 0.25) is 0 Å². The van der Waals surface area contributed by atoms with E-state index in [9.17, 15) is 0 Å². The molecule has 0 bridgehead atoms. The third-order valence-corrected chi connectivity index (χ3v) is 11.2. The summed E-state index contributed by atoms with van der Waals surface area (Å²) in [6.45, 7) is 0. The van der Waals surface area contributed by atoms with Crippen LogP contribution in [0.4, 0.5) is 17.1 Å². The second-order valence-electron chi connectivity index (χ2n) is 14.6. The first-order chi connectivity index (χ1) is 28.3. The molecule has 0 saturated carbocycles. The fraction of sp³-hybridized carbons (Fsp3) is 0. The molecule has 11 aromatic rings. The van der Waals surface area contributed by atoms with E-state index in [0.29, 0.717) is 0 Å². The molecule has 0 unspecified atom stereocenters. The van der Waals surface area contributed by atoms with Gasteiger partial charge in [0.05, 0.1) is 11.0 Å². The number of hydrogen-bond donors (Lipinski definition) is 0. The summed E-state index contributed by atoms with van der Waals surface area (Å²) in [5, 5.41) is 4.68. The maximum atomic E-state index is 6.64. The molecule has 0 spiro atoms. The predicted octanol–water partition coefficient (Wildman–Crippen LogP) is 15.2. The molecule has 0 amide bonds. The lowest BCUT2D eigenvalue weighted by molar-refractivity contribution is 0.670. The second kappa shape index (κ2) is 13.6. The molecule has 11 rings (SSSR count). The Bertz CT molecular complexity index is 3220. The van der Waals surface area contributed by atoms with E-state index in [1.165, 1.54) is 32.9 Å². The molecule has 9 aromatic carbocycles. The van der Waals surface area contributed by atoms with E-state index in [1.807, 2.05) is 6.07 Å². The molecule has 57 heavy (non-hydrogen) atoms. The van der Waals surface area contributed by atoms with Crippen LogP contribution < -0.4 is 4.90 Å². The summed E-state index contributed by atoms with van der Waals surface area (Å²) in [6, 6.07) is 78.2. The van der Waals surface area contributed by atoms with Gasteiger partial charge in [-0.25, -0.2) is 0 Å². The first-order valence-corrected chi connectivity index (χ1v) is 19.4. The number of furan rings is 1. The van der Waals surface area contributed by atoms with E-state index >= 15 is 0 Å². The van der Waals surface area contributed by atoms with Crippen LogP contribution in [-0.2, 0) is 0 Å². The standard InChI is InChI=1S/C54H36N2O/c1-4-15-37(16-5-1)38-27-30-44(31-28-38)55(42-17-6-2-7-18-42)45-34-40(33-41(35-45)46-23-14-24-49-48-22-11-13-26-53(48)57-54(46)49)39-29-32-52-50(36-39)47-21-10-12-25-51(47)56(52)43-19-8-3-9-20-43/h1-36H. The van der Waals surface area contributed by atoms with Crippen LogP contribution in [-0.4, -0.2) is 4.57 Å². The minimum absolute atomic E-state index is 0.890. The first-order valence-electron chi connectivity index (χ1n) is 19.4. The highest BCUT2D eigenvalue weighted by atomic mass is 16.3. The molecule has 0 saturated heterocycles. The van der Waals surface area contributed by atoms with Crippen LogP contribution in [0.1, 0.15) is 0 Å². The number of anilines is 3. The molecule has 0 fully saturated rings. The molecule has 2 aromatic heterocycles. The van der Waals surface area contributed by atoms with Crippen molar-refractivity contribution in [2.24, 2.45) is 0 Å². The normalized spacial score (nSPS) is 11.5. The third-order valence-electron chi connectivity index (χ3n) is 11.2. The molecule has 3 nitrogen and oxygen atoms in total. The van der Waals surface area contributed by atoms with Crippen LogP contribution in [0.3, 0.4) is 0 Å². The van der Waals surface area contributed by atoms with Gasteiger partial charge in [0.15, 0.2) is 0 Å². The van der Waals surface area contributed by atoms with Crippen LogP contribution >= 0.6 is 0 Å². The van der Waals surface area contributed by atoms with Crippen molar-refractivity contribution in [2.45, 2.75) is 0 Å².